The molecule has 0 spiro atoms. The second kappa shape index (κ2) is 5.98. The Bertz CT molecular complexity index is 821. The number of nitro benzene ring substituents is 1. The fraction of sp³-hybridized carbons (Fsp3) is 0. The lowest BCUT2D eigenvalue weighted by atomic mass is 10.2. The summed E-state index contributed by atoms with van der Waals surface area (Å²) in [4.78, 5) is 22.2. The van der Waals surface area contributed by atoms with Crippen LogP contribution in [0.15, 0.2) is 16.9 Å². The second-order valence-electron chi connectivity index (χ2n) is 3.65. The molecule has 1 aromatic carbocycles. The van der Waals surface area contributed by atoms with Crippen LogP contribution in [0.5, 0.6) is 0 Å². The van der Waals surface area contributed by atoms with Crippen LogP contribution in [0.4, 0.5) is 5.69 Å². The molecule has 0 N–H and O–H groups in total. The van der Waals surface area contributed by atoms with Crippen molar-refractivity contribution in [1.29, 1.82) is 0 Å². The van der Waals surface area contributed by atoms with E-state index in [4.69, 9.17) is 58.0 Å². The lowest BCUT2D eigenvalue weighted by Crippen LogP contribution is -2.22. The zero-order valence-electron chi connectivity index (χ0n) is 9.61. The number of nitro groups is 1. The van der Waals surface area contributed by atoms with Gasteiger partial charge in [0, 0.05) is 6.07 Å². The minimum atomic E-state index is -0.829. The minimum Gasteiger partial charge on any atom is -0.266 e. The molecule has 0 aliphatic heterocycles. The fourth-order valence-corrected chi connectivity index (χ4v) is 2.49. The van der Waals surface area contributed by atoms with Crippen LogP contribution in [0.2, 0.25) is 25.2 Å². The number of hydrogen-bond donors (Lipinski definition) is 0. The van der Waals surface area contributed by atoms with Gasteiger partial charge in [0.2, 0.25) is 0 Å². The third-order valence-corrected chi connectivity index (χ3v) is 4.17. The van der Waals surface area contributed by atoms with Gasteiger partial charge in [0.1, 0.15) is 15.1 Å². The van der Waals surface area contributed by atoms with E-state index in [-0.39, 0.29) is 30.9 Å². The number of aromatic nitrogens is 2. The van der Waals surface area contributed by atoms with Crippen LogP contribution in [-0.4, -0.2) is 14.7 Å². The molecule has 0 amide bonds. The maximum absolute atomic E-state index is 12.0. The standard InChI is InChI=1S/C10H2Cl5N3O3/c11-3-1-4(12)6(18(20)21)2-5(3)17-10(19)8(14)7(13)9(15)16-17/h1-2H. The molecule has 11 heteroatoms. The average Bonchev–Trinajstić information content (AvgIpc) is 2.41. The summed E-state index contributed by atoms with van der Waals surface area (Å²) in [6.07, 6.45) is 0. The molecular formula is C10H2Cl5N3O3. The van der Waals surface area contributed by atoms with E-state index in [1.54, 1.807) is 0 Å². The largest absolute Gasteiger partial charge is 0.291 e. The highest BCUT2D eigenvalue weighted by molar-refractivity contribution is 6.47. The van der Waals surface area contributed by atoms with Gasteiger partial charge in [-0.3, -0.25) is 14.9 Å². The fourth-order valence-electron chi connectivity index (χ4n) is 1.45. The molecule has 0 saturated heterocycles. The molecule has 0 fully saturated rings. The van der Waals surface area contributed by atoms with Gasteiger partial charge in [0.05, 0.1) is 15.6 Å². The molecule has 0 aliphatic rings. The Balaban J connectivity index is 2.82. The lowest BCUT2D eigenvalue weighted by molar-refractivity contribution is -0.384. The Morgan fingerprint density at radius 1 is 1.05 bits per heavy atom. The SMILES string of the molecule is O=c1c(Cl)c(Cl)c(Cl)nn1-c1cc([N+](=O)[O-])c(Cl)cc1Cl. The Hall–Kier alpha value is -1.05. The Morgan fingerprint density at radius 3 is 2.24 bits per heavy atom. The van der Waals surface area contributed by atoms with Crippen molar-refractivity contribution in [2.24, 2.45) is 0 Å². The van der Waals surface area contributed by atoms with Gasteiger partial charge in [-0.25, -0.2) is 0 Å². The monoisotopic (exact) mass is 387 g/mol. The van der Waals surface area contributed by atoms with Crippen LogP contribution in [0.3, 0.4) is 0 Å². The summed E-state index contributed by atoms with van der Waals surface area (Å²) in [7, 11) is 0. The molecule has 2 aromatic rings. The van der Waals surface area contributed by atoms with Crippen LogP contribution in [0.1, 0.15) is 0 Å². The van der Waals surface area contributed by atoms with Crippen LogP contribution in [0.25, 0.3) is 5.69 Å². The van der Waals surface area contributed by atoms with E-state index < -0.39 is 16.2 Å². The van der Waals surface area contributed by atoms with E-state index in [2.05, 4.69) is 5.10 Å². The Kier molecular flexibility index (Phi) is 4.65. The van der Waals surface area contributed by atoms with E-state index in [0.717, 1.165) is 12.1 Å². The first kappa shape index (κ1) is 16.3. The summed E-state index contributed by atoms with van der Waals surface area (Å²) in [5.74, 6) is 0. The van der Waals surface area contributed by atoms with Crippen LogP contribution >= 0.6 is 58.0 Å². The highest BCUT2D eigenvalue weighted by Gasteiger charge is 2.21. The maximum atomic E-state index is 12.0. The van der Waals surface area contributed by atoms with Gasteiger partial charge in [-0.05, 0) is 6.07 Å². The number of nitrogens with zero attached hydrogens (tertiary/aromatic N) is 3. The molecule has 110 valence electrons. The normalized spacial score (nSPS) is 10.7. The van der Waals surface area contributed by atoms with Crippen molar-refractivity contribution in [2.45, 2.75) is 0 Å². The zero-order chi connectivity index (χ0) is 15.9. The van der Waals surface area contributed by atoms with E-state index >= 15 is 0 Å². The predicted molar refractivity (Wildman–Crippen MR) is 81.5 cm³/mol. The molecule has 0 aliphatic carbocycles. The highest BCUT2D eigenvalue weighted by atomic mass is 35.5. The quantitative estimate of drug-likeness (QED) is 0.563. The summed E-state index contributed by atoms with van der Waals surface area (Å²) >= 11 is 28.8. The van der Waals surface area contributed by atoms with E-state index in [9.17, 15) is 14.9 Å². The van der Waals surface area contributed by atoms with Crippen molar-refractivity contribution in [2.75, 3.05) is 0 Å². The summed E-state index contributed by atoms with van der Waals surface area (Å²) in [6, 6.07) is 2.10. The molecule has 2 rings (SSSR count). The molecule has 0 bridgehead atoms. The van der Waals surface area contributed by atoms with Crippen molar-refractivity contribution in [3.8, 4) is 5.69 Å². The molecule has 6 nitrogen and oxygen atoms in total. The third-order valence-electron chi connectivity index (χ3n) is 2.38. The van der Waals surface area contributed by atoms with Crippen molar-refractivity contribution >= 4 is 63.7 Å². The van der Waals surface area contributed by atoms with Gasteiger partial charge in [-0.2, -0.15) is 9.78 Å². The molecule has 21 heavy (non-hydrogen) atoms. The van der Waals surface area contributed by atoms with Gasteiger partial charge in [0.25, 0.3) is 11.2 Å². The van der Waals surface area contributed by atoms with Crippen LogP contribution in [0, 0.1) is 10.1 Å². The molecular weight excluding hydrogens is 387 g/mol. The second-order valence-corrected chi connectivity index (χ2v) is 5.58. The number of halogens is 5. The highest BCUT2D eigenvalue weighted by Crippen LogP contribution is 2.33. The van der Waals surface area contributed by atoms with Crippen molar-refractivity contribution in [3.63, 3.8) is 0 Å². The van der Waals surface area contributed by atoms with Gasteiger partial charge in [0.15, 0.2) is 5.15 Å². The Morgan fingerprint density at radius 2 is 1.67 bits per heavy atom. The van der Waals surface area contributed by atoms with Gasteiger partial charge < -0.3 is 0 Å². The zero-order valence-corrected chi connectivity index (χ0v) is 13.4. The van der Waals surface area contributed by atoms with Gasteiger partial charge in [-0.1, -0.05) is 58.0 Å². The summed E-state index contributed by atoms with van der Waals surface area (Å²) in [6.45, 7) is 0. The van der Waals surface area contributed by atoms with E-state index in [1.807, 2.05) is 0 Å². The van der Waals surface area contributed by atoms with Crippen molar-refractivity contribution in [1.82, 2.24) is 9.78 Å². The topological polar surface area (TPSA) is 78.0 Å². The summed E-state index contributed by atoms with van der Waals surface area (Å²) in [5, 5.41) is 13.5. The molecule has 0 unspecified atom stereocenters. The number of hydrogen-bond acceptors (Lipinski definition) is 4. The van der Waals surface area contributed by atoms with Crippen molar-refractivity contribution < 1.29 is 4.92 Å². The summed E-state index contributed by atoms with van der Waals surface area (Å²) in [5.41, 5.74) is -1.38. The maximum Gasteiger partial charge on any atom is 0.291 e. The van der Waals surface area contributed by atoms with E-state index in [1.165, 1.54) is 0 Å². The molecule has 0 radical (unpaired) electrons. The molecule has 0 saturated carbocycles. The molecule has 1 aromatic heterocycles. The van der Waals surface area contributed by atoms with Crippen LogP contribution in [-0.2, 0) is 0 Å². The molecule has 0 atom stereocenters. The Labute approximate surface area is 141 Å². The van der Waals surface area contributed by atoms with Gasteiger partial charge >= 0.3 is 0 Å². The number of benzene rings is 1. The summed E-state index contributed by atoms with van der Waals surface area (Å²) < 4.78 is 0.711. The first-order chi connectivity index (χ1) is 9.73. The first-order valence-electron chi connectivity index (χ1n) is 5.01. The predicted octanol–water partition coefficient (Wildman–Crippen LogP) is 4.41. The molecule has 1 heterocycles. The van der Waals surface area contributed by atoms with Crippen LogP contribution < -0.4 is 5.56 Å². The first-order valence-corrected chi connectivity index (χ1v) is 6.90. The van der Waals surface area contributed by atoms with Gasteiger partial charge in [-0.15, -0.1) is 0 Å². The third kappa shape index (κ3) is 2.95. The van der Waals surface area contributed by atoms with Crippen molar-refractivity contribution in [3.05, 3.63) is 57.8 Å². The number of rotatable bonds is 2. The smallest absolute Gasteiger partial charge is 0.266 e. The average molecular weight is 389 g/mol. The minimum absolute atomic E-state index is 0.0466. The lowest BCUT2D eigenvalue weighted by Gasteiger charge is -2.09. The van der Waals surface area contributed by atoms with E-state index in [0.29, 0.717) is 4.68 Å².